The fourth-order valence-electron chi connectivity index (χ4n) is 12.5. The molecule has 36 heteroatoms. The minimum Gasteiger partial charge on any atom is -0.394 e. The van der Waals surface area contributed by atoms with Gasteiger partial charge in [-0.1, -0.05) is 139 Å². The molecule has 0 spiro atoms. The topological polar surface area (TPSA) is 575 Å². The second-order valence-electron chi connectivity index (χ2n) is 28.5. The van der Waals surface area contributed by atoms with Crippen LogP contribution >= 0.6 is 11.8 Å². The van der Waals surface area contributed by atoms with Crippen molar-refractivity contribution in [3.05, 3.63) is 143 Å². The summed E-state index contributed by atoms with van der Waals surface area (Å²) in [5, 5.41) is 53.4. The van der Waals surface area contributed by atoms with E-state index in [1.165, 1.54) is 0 Å². The van der Waals surface area contributed by atoms with Crippen molar-refractivity contribution in [2.24, 2.45) is 40.7 Å². The quantitative estimate of drug-likeness (QED) is 0.0202. The molecule has 3 heterocycles. The van der Waals surface area contributed by atoms with Crippen LogP contribution in [0.5, 0.6) is 0 Å². The molecule has 0 unspecified atom stereocenters. The fraction of sp³-hybridized carbons (Fsp3) is 0.442. The maximum absolute atomic E-state index is 15.3. The first kappa shape index (κ1) is 88.3. The number of para-hydroxylation sites is 2. The SMILES string of the molecule is CC[C@H](C)[C@@H]1NC(=O)[C@H](Cc2ccccc2)NC(=O)CSC[C@@H](C(N)=O)NC(=O)[C@H](C(C)C)NC(=O)[C@H](Cc2c[nH]c3ccccc23)NC(=O)[C@H](Cc2ccc(CN)cc2)NC(=O)[C@H](C(C)C)NC(=O)[C@H](Cc2c[nH]c3ccccc23)NC(=O)[C@H](CC(N)=O)NC(=O)[C@H](CCCNC(=N)N)NC(=O)CNC(=O)[C@H](CO)NC1=O. The molecule has 1 saturated heterocycles. The van der Waals surface area contributed by atoms with Gasteiger partial charge < -0.3 is 107 Å². The molecule has 12 atom stereocenters. The number of aliphatic hydroxyl groups is 1. The highest BCUT2D eigenvalue weighted by atomic mass is 32.2. The second kappa shape index (κ2) is 43.0. The second-order valence-corrected chi connectivity index (χ2v) is 29.5. The molecule has 7 rings (SSSR count). The number of fused-ring (bicyclic) bond motifs is 2. The lowest BCUT2D eigenvalue weighted by atomic mass is 9.96. The number of aromatic nitrogens is 2. The van der Waals surface area contributed by atoms with Gasteiger partial charge in [-0.3, -0.25) is 72.5 Å². The van der Waals surface area contributed by atoms with Crippen LogP contribution in [0.1, 0.15) is 95.0 Å². The van der Waals surface area contributed by atoms with Crippen LogP contribution < -0.4 is 92.1 Å². The van der Waals surface area contributed by atoms with E-state index in [0.717, 1.165) is 17.3 Å². The molecule has 1 fully saturated rings. The average Bonchev–Trinajstić information content (AvgIpc) is 1.72. The number of hydrogen-bond acceptors (Lipinski definition) is 18. The van der Waals surface area contributed by atoms with Crippen LogP contribution in [-0.4, -0.2) is 201 Å². The molecular weight excluding hydrogens is 1480 g/mol. The zero-order valence-electron chi connectivity index (χ0n) is 63.8. The van der Waals surface area contributed by atoms with Gasteiger partial charge in [0.25, 0.3) is 0 Å². The van der Waals surface area contributed by atoms with Crippen molar-refractivity contribution in [1.82, 2.24) is 79.1 Å². The Balaban J connectivity index is 1.28. The highest BCUT2D eigenvalue weighted by Gasteiger charge is 2.39. The van der Waals surface area contributed by atoms with Crippen molar-refractivity contribution >= 4 is 122 Å². The molecule has 608 valence electrons. The van der Waals surface area contributed by atoms with E-state index in [0.29, 0.717) is 44.1 Å². The molecule has 0 aliphatic carbocycles. The van der Waals surface area contributed by atoms with E-state index in [1.807, 2.05) is 0 Å². The van der Waals surface area contributed by atoms with Gasteiger partial charge in [-0.05, 0) is 70.5 Å². The van der Waals surface area contributed by atoms with E-state index in [9.17, 15) is 53.1 Å². The maximum Gasteiger partial charge on any atom is 0.245 e. The largest absolute Gasteiger partial charge is 0.394 e. The van der Waals surface area contributed by atoms with Gasteiger partial charge in [0, 0.05) is 78.7 Å². The fourth-order valence-corrected chi connectivity index (χ4v) is 13.4. The van der Waals surface area contributed by atoms with Gasteiger partial charge in [0.15, 0.2) is 5.96 Å². The highest BCUT2D eigenvalue weighted by molar-refractivity contribution is 8.00. The Bertz CT molecular complexity index is 4360. The Hall–Kier alpha value is -11.9. The summed E-state index contributed by atoms with van der Waals surface area (Å²) in [6.45, 7) is 8.00. The molecule has 1 aliphatic heterocycles. The smallest absolute Gasteiger partial charge is 0.245 e. The summed E-state index contributed by atoms with van der Waals surface area (Å²) in [6.07, 6.45) is 1.59. The Kier molecular flexibility index (Phi) is 33.6. The summed E-state index contributed by atoms with van der Waals surface area (Å²) >= 11 is 0.860. The third-order valence-corrected chi connectivity index (χ3v) is 20.1. The van der Waals surface area contributed by atoms with Crippen LogP contribution in [0.25, 0.3) is 21.8 Å². The van der Waals surface area contributed by atoms with Gasteiger partial charge in [0.1, 0.15) is 66.5 Å². The molecule has 14 amide bonds. The average molecular weight is 1580 g/mol. The third kappa shape index (κ3) is 26.6. The minimum atomic E-state index is -1.87. The molecule has 6 aromatic rings. The van der Waals surface area contributed by atoms with E-state index < -0.39 is 198 Å². The number of benzene rings is 4. The van der Waals surface area contributed by atoms with Gasteiger partial charge in [-0.25, -0.2) is 0 Å². The van der Waals surface area contributed by atoms with Crippen molar-refractivity contribution in [3.63, 3.8) is 0 Å². The summed E-state index contributed by atoms with van der Waals surface area (Å²) in [5.41, 5.74) is 27.3. The summed E-state index contributed by atoms with van der Waals surface area (Å²) in [5.74, 6) is -16.8. The number of carbonyl (C=O) groups excluding carboxylic acids is 14. The predicted molar refractivity (Wildman–Crippen MR) is 422 cm³/mol. The third-order valence-electron chi connectivity index (χ3n) is 19.1. The molecular formula is C77H104N20O15S. The molecule has 113 heavy (non-hydrogen) atoms. The first-order valence-corrected chi connectivity index (χ1v) is 38.4. The summed E-state index contributed by atoms with van der Waals surface area (Å²) in [6, 6.07) is 12.5. The van der Waals surface area contributed by atoms with Gasteiger partial charge in [0.2, 0.25) is 82.7 Å². The number of carbonyl (C=O) groups is 14. The van der Waals surface area contributed by atoms with Crippen LogP contribution in [0, 0.1) is 23.2 Å². The highest BCUT2D eigenvalue weighted by Crippen LogP contribution is 2.23. The lowest BCUT2D eigenvalue weighted by molar-refractivity contribution is -0.137. The van der Waals surface area contributed by atoms with Crippen molar-refractivity contribution < 1.29 is 72.2 Å². The van der Waals surface area contributed by atoms with E-state index >= 15 is 19.2 Å². The van der Waals surface area contributed by atoms with E-state index in [1.54, 1.807) is 157 Å². The van der Waals surface area contributed by atoms with E-state index in [-0.39, 0.29) is 63.8 Å². The molecule has 0 radical (unpaired) electrons. The normalized spacial score (nSPS) is 23.0. The number of aromatic amines is 2. The first-order valence-electron chi connectivity index (χ1n) is 37.2. The van der Waals surface area contributed by atoms with Gasteiger partial charge in [-0.2, -0.15) is 0 Å². The molecule has 4 aromatic carbocycles. The van der Waals surface area contributed by atoms with E-state index in [2.05, 4.69) is 79.1 Å². The van der Waals surface area contributed by atoms with Crippen molar-refractivity contribution in [2.75, 3.05) is 31.2 Å². The zero-order chi connectivity index (χ0) is 82.6. The molecule has 25 N–H and O–H groups in total. The maximum atomic E-state index is 15.3. The van der Waals surface area contributed by atoms with Crippen LogP contribution in [-0.2, 0) is 99.4 Å². The van der Waals surface area contributed by atoms with Crippen molar-refractivity contribution in [2.45, 2.75) is 166 Å². The summed E-state index contributed by atoms with van der Waals surface area (Å²) in [4.78, 5) is 207. The Morgan fingerprint density at radius 2 is 0.929 bits per heavy atom. The number of primary amides is 2. The van der Waals surface area contributed by atoms with Crippen LogP contribution in [0.4, 0.5) is 0 Å². The summed E-state index contributed by atoms with van der Waals surface area (Å²) < 4.78 is 0. The number of guanidine groups is 1. The van der Waals surface area contributed by atoms with Gasteiger partial charge in [-0.15, -0.1) is 11.8 Å². The molecule has 2 aromatic heterocycles. The first-order chi connectivity index (χ1) is 53.9. The number of nitrogens with two attached hydrogens (primary N) is 4. The molecule has 0 bridgehead atoms. The zero-order valence-corrected chi connectivity index (χ0v) is 64.6. The molecule has 35 nitrogen and oxygen atoms in total. The van der Waals surface area contributed by atoms with Gasteiger partial charge >= 0.3 is 0 Å². The number of thioether (sulfide) groups is 1. The Morgan fingerprint density at radius 3 is 1.44 bits per heavy atom. The molecule has 1 aliphatic rings. The van der Waals surface area contributed by atoms with Crippen LogP contribution in [0.15, 0.2) is 116 Å². The van der Waals surface area contributed by atoms with Crippen molar-refractivity contribution in [1.29, 1.82) is 5.41 Å². The minimum absolute atomic E-state index is 0.0158. The van der Waals surface area contributed by atoms with Gasteiger partial charge in [0.05, 0.1) is 25.3 Å². The predicted octanol–water partition coefficient (Wildman–Crippen LogP) is -2.45. The molecule has 0 saturated carbocycles. The summed E-state index contributed by atoms with van der Waals surface area (Å²) in [7, 11) is 0. The Morgan fingerprint density at radius 1 is 0.496 bits per heavy atom. The number of rotatable bonds is 21. The monoisotopic (exact) mass is 1580 g/mol. The van der Waals surface area contributed by atoms with Crippen molar-refractivity contribution in [3.8, 4) is 0 Å². The number of hydrogen-bond donors (Lipinski definition) is 21. The number of H-pyrrole nitrogens is 2. The lowest BCUT2D eigenvalue weighted by Crippen LogP contribution is -2.62. The lowest BCUT2D eigenvalue weighted by Gasteiger charge is -2.29. The Labute approximate surface area is 657 Å². The van der Waals surface area contributed by atoms with Crippen LogP contribution in [0.2, 0.25) is 0 Å². The van der Waals surface area contributed by atoms with E-state index in [4.69, 9.17) is 28.3 Å². The standard InChI is InChI=1S/C77H104N20O15S/c1-7-42(6)65-76(112)93-58(37-98)67(103)86-36-61(100)87-52(22-15-27-83-77(81)82)68(104)91-57(32-60(79)99)70(106)90-56(31-47-35-85-51-21-14-12-19-49(47)51)73(109)95-63(40(2)3)74(110)92-54(29-44-23-25-45(33-78)26-24-44)69(105)89-55(30-46-34-84-50-20-13-11-18-48(46)50)72(108)96-64(41(4)5)75(111)94-59(66(80)102)38-113-39-62(101)88-53(71(107)97-65)28-43-16-9-8-10-17-43/h8-14,16-21,23-26,34-35,40-42,52-59,63-65,84-85,98H,7,15,22,27-33,36-39,78H2,1-6H3,(H2,79,99)(H2,80,102)(H,86,103)(H,87,100)(H,88,101)(H,89,105)(H,90,106)(H,91,104)(H,92,110)(H,93,112)(H,94,111)(H,95,109)(H,96,108)(H,97,107)(H4,81,82,83)/t42-,52-,53-,54-,55-,56-,57-,58-,59-,63-,64-,65-/m0/s1. The van der Waals surface area contributed by atoms with Crippen LogP contribution in [0.3, 0.4) is 0 Å². The number of nitrogens with one attached hydrogen (secondary N) is 16. The number of amides is 14. The number of aliphatic hydroxyl groups excluding tert-OH is 1.